The smallest absolute Gasteiger partial charge is 0.414 e. The van der Waals surface area contributed by atoms with Crippen molar-refractivity contribution in [3.8, 4) is 17.2 Å². The van der Waals surface area contributed by atoms with Gasteiger partial charge < -0.3 is 29.3 Å². The van der Waals surface area contributed by atoms with Crippen LogP contribution in [0.1, 0.15) is 46.0 Å². The Morgan fingerprint density at radius 2 is 1.63 bits per heavy atom. The number of ether oxygens (including phenoxy) is 4. The lowest BCUT2D eigenvalue weighted by molar-refractivity contribution is -0.605. The molecule has 0 spiro atoms. The number of halogens is 3. The number of hydrogen-bond donors (Lipinski definition) is 1. The van der Waals surface area contributed by atoms with E-state index in [9.17, 15) is 19.9 Å². The van der Waals surface area contributed by atoms with Gasteiger partial charge in [0.25, 0.3) is 0 Å². The van der Waals surface area contributed by atoms with Gasteiger partial charge in [0.05, 0.1) is 37.0 Å². The minimum Gasteiger partial charge on any atom is -0.619 e. The van der Waals surface area contributed by atoms with Crippen molar-refractivity contribution in [2.45, 2.75) is 38.0 Å². The average molecular weight is 757 g/mol. The molecule has 4 heterocycles. The number of amides is 1. The fraction of sp³-hybridized carbons (Fsp3) is 0.324. The Morgan fingerprint density at radius 1 is 0.941 bits per heavy atom. The van der Waals surface area contributed by atoms with E-state index < -0.39 is 18.2 Å². The summed E-state index contributed by atoms with van der Waals surface area (Å²) in [5, 5.41) is 22.6. The van der Waals surface area contributed by atoms with Crippen LogP contribution in [0.4, 0.5) is 10.5 Å². The van der Waals surface area contributed by atoms with Crippen LogP contribution in [0, 0.1) is 11.1 Å². The summed E-state index contributed by atoms with van der Waals surface area (Å²) in [4.78, 5) is 31.0. The largest absolute Gasteiger partial charge is 0.619 e. The molecule has 14 heteroatoms. The number of methoxy groups -OCH3 is 2. The number of carbonyl (C=O) groups excluding carboxylic acids is 2. The Bertz CT molecular complexity index is 1880. The Labute approximate surface area is 310 Å². The normalized spacial score (nSPS) is 18.5. The van der Waals surface area contributed by atoms with E-state index in [-0.39, 0.29) is 45.5 Å². The molecular formula is C37H36Cl3N3O8. The number of hydrogen-bond acceptors (Lipinski definition) is 9. The first-order valence-electron chi connectivity index (χ1n) is 16.3. The highest BCUT2D eigenvalue weighted by atomic mass is 35.5. The first-order chi connectivity index (χ1) is 24.5. The maximum absolute atomic E-state index is 13.7. The number of nitrogens with zero attached hydrogens (tertiary/aromatic N) is 3. The summed E-state index contributed by atoms with van der Waals surface area (Å²) in [5.41, 5.74) is 2.20. The maximum atomic E-state index is 13.7. The Kier molecular flexibility index (Phi) is 11.3. The van der Waals surface area contributed by atoms with E-state index in [0.29, 0.717) is 51.1 Å². The van der Waals surface area contributed by atoms with E-state index in [4.69, 9.17) is 53.8 Å². The fourth-order valence-electron chi connectivity index (χ4n) is 6.51. The number of benzene rings is 3. The number of piperidine rings is 3. The van der Waals surface area contributed by atoms with Crippen LogP contribution in [-0.2, 0) is 22.4 Å². The third-order valence-electron chi connectivity index (χ3n) is 9.30. The molecule has 3 aromatic carbocycles. The minimum absolute atomic E-state index is 0.0530. The summed E-state index contributed by atoms with van der Waals surface area (Å²) in [6, 6.07) is 16.1. The van der Waals surface area contributed by atoms with Crippen LogP contribution in [0.2, 0.25) is 15.1 Å². The van der Waals surface area contributed by atoms with Crippen molar-refractivity contribution < 1.29 is 38.4 Å². The van der Waals surface area contributed by atoms with Crippen molar-refractivity contribution in [3.63, 3.8) is 0 Å². The number of aromatic nitrogens is 1. The zero-order valence-electron chi connectivity index (χ0n) is 27.9. The number of phenols is 1. The Hall–Kier alpha value is -4.42. The molecule has 3 aliphatic rings. The molecule has 1 N–H and O–H groups in total. The molecule has 0 radical (unpaired) electrons. The molecular weight excluding hydrogens is 721 g/mol. The topological polar surface area (TPSA) is 125 Å². The number of pyridine rings is 1. The van der Waals surface area contributed by atoms with Crippen molar-refractivity contribution in [1.29, 1.82) is 0 Å². The van der Waals surface area contributed by atoms with Gasteiger partial charge in [0, 0.05) is 24.6 Å². The van der Waals surface area contributed by atoms with Gasteiger partial charge >= 0.3 is 12.1 Å². The van der Waals surface area contributed by atoms with Crippen LogP contribution in [0.5, 0.6) is 17.2 Å². The summed E-state index contributed by atoms with van der Waals surface area (Å²) >= 11 is 19.3. The predicted octanol–water partition coefficient (Wildman–Crippen LogP) is 7.38. The van der Waals surface area contributed by atoms with E-state index in [1.165, 1.54) is 49.7 Å². The summed E-state index contributed by atoms with van der Waals surface area (Å²) < 4.78 is 23.4. The molecule has 268 valence electrons. The predicted molar refractivity (Wildman–Crippen MR) is 192 cm³/mol. The van der Waals surface area contributed by atoms with Crippen LogP contribution in [0.25, 0.3) is 0 Å². The zero-order chi connectivity index (χ0) is 36.2. The molecule has 3 saturated heterocycles. The first kappa shape index (κ1) is 36.4. The summed E-state index contributed by atoms with van der Waals surface area (Å²) in [7, 11) is 3.01. The van der Waals surface area contributed by atoms with E-state index in [1.807, 2.05) is 0 Å². The fourth-order valence-corrected chi connectivity index (χ4v) is 7.33. The van der Waals surface area contributed by atoms with Gasteiger partial charge in [-0.25, -0.2) is 9.59 Å². The highest BCUT2D eigenvalue weighted by molar-refractivity contribution is 6.35. The van der Waals surface area contributed by atoms with E-state index in [0.717, 1.165) is 25.9 Å². The van der Waals surface area contributed by atoms with Gasteiger partial charge in [0.15, 0.2) is 23.9 Å². The van der Waals surface area contributed by atoms with Gasteiger partial charge in [-0.05, 0) is 79.4 Å². The number of carbonyl (C=O) groups is 2. The summed E-state index contributed by atoms with van der Waals surface area (Å²) in [6.07, 6.45) is 2.64. The van der Waals surface area contributed by atoms with Crippen molar-refractivity contribution in [3.05, 3.63) is 116 Å². The van der Waals surface area contributed by atoms with Gasteiger partial charge in [-0.15, -0.1) is 0 Å². The van der Waals surface area contributed by atoms with Crippen molar-refractivity contribution in [2.75, 3.05) is 38.8 Å². The second kappa shape index (κ2) is 15.9. The highest BCUT2D eigenvalue weighted by Crippen LogP contribution is 2.37. The lowest BCUT2D eigenvalue weighted by atomic mass is 9.86. The second-order valence-electron chi connectivity index (χ2n) is 12.5. The SMILES string of the molecule is COc1ccc(C(Cc2c(Cl)c[n+]([O-])cc2Cl)OC(=O)c2ccc(CN(C(=O)O[C@H]3CN4CCC3CC4)c3cc(O)ccc3Cl)cc2)cc1OC. The summed E-state index contributed by atoms with van der Waals surface area (Å²) in [5.74, 6) is 0.510. The third-order valence-corrected chi connectivity index (χ3v) is 10.3. The van der Waals surface area contributed by atoms with Crippen LogP contribution in [-0.4, -0.2) is 62.0 Å². The molecule has 2 atom stereocenters. The van der Waals surface area contributed by atoms with Crippen LogP contribution >= 0.6 is 34.8 Å². The molecule has 3 aliphatic heterocycles. The van der Waals surface area contributed by atoms with Gasteiger partial charge in [-0.1, -0.05) is 53.0 Å². The molecule has 4 aromatic rings. The monoisotopic (exact) mass is 755 g/mol. The molecule has 3 fully saturated rings. The Balaban J connectivity index is 1.23. The quantitative estimate of drug-likeness (QED) is 0.0949. The van der Waals surface area contributed by atoms with E-state index >= 15 is 0 Å². The standard InChI is InChI=1S/C37H36Cl3N3O8/c1-48-32-10-7-25(15-34(32)49-2)33(17-27-29(39)19-42(47)20-30(27)40)50-36(45)24-5-3-22(4-6-24)18-43(31-16-26(44)8-9-28(31)38)37(46)51-35-21-41-13-11-23(35)12-14-41/h3-10,15-16,19-20,23,33,35,44H,11-14,17-18,21H2,1-2H3/t33?,35-/m0/s1. The molecule has 1 aromatic heterocycles. The van der Waals surface area contributed by atoms with Gasteiger partial charge in [0.1, 0.15) is 28.0 Å². The number of rotatable bonds is 11. The minimum atomic E-state index is -0.890. The average Bonchev–Trinajstić information content (AvgIpc) is 3.13. The number of aromatic hydroxyl groups is 1. The first-order valence-corrected chi connectivity index (χ1v) is 17.4. The van der Waals surface area contributed by atoms with Gasteiger partial charge in [-0.2, -0.15) is 4.73 Å². The zero-order valence-corrected chi connectivity index (χ0v) is 30.2. The van der Waals surface area contributed by atoms with Crippen molar-refractivity contribution in [1.82, 2.24) is 4.90 Å². The van der Waals surface area contributed by atoms with Crippen molar-refractivity contribution >= 4 is 52.6 Å². The van der Waals surface area contributed by atoms with Gasteiger partial charge in [-0.3, -0.25) is 9.80 Å². The molecule has 0 saturated carbocycles. The number of esters is 1. The van der Waals surface area contributed by atoms with Crippen molar-refractivity contribution in [2.24, 2.45) is 5.92 Å². The molecule has 51 heavy (non-hydrogen) atoms. The lowest BCUT2D eigenvalue weighted by Crippen LogP contribution is -2.53. The van der Waals surface area contributed by atoms with E-state index in [2.05, 4.69) is 4.90 Å². The van der Waals surface area contributed by atoms with Gasteiger partial charge in [0.2, 0.25) is 0 Å². The highest BCUT2D eigenvalue weighted by Gasteiger charge is 2.38. The number of phenolic OH excluding ortho intramolecular Hbond substituents is 1. The summed E-state index contributed by atoms with van der Waals surface area (Å²) in [6.45, 7) is 2.73. The molecule has 7 rings (SSSR count). The molecule has 1 amide bonds. The van der Waals surface area contributed by atoms with Crippen LogP contribution in [0.15, 0.2) is 73.1 Å². The second-order valence-corrected chi connectivity index (χ2v) is 13.7. The number of anilines is 1. The lowest BCUT2D eigenvalue weighted by Gasteiger charge is -2.44. The number of fused-ring (bicyclic) bond motifs is 3. The van der Waals surface area contributed by atoms with Crippen LogP contribution < -0.4 is 19.1 Å². The molecule has 0 aliphatic carbocycles. The van der Waals surface area contributed by atoms with E-state index in [1.54, 1.807) is 42.5 Å². The molecule has 1 unspecified atom stereocenters. The Morgan fingerprint density at radius 3 is 2.25 bits per heavy atom. The molecule has 11 nitrogen and oxygen atoms in total. The third kappa shape index (κ3) is 8.39. The van der Waals surface area contributed by atoms with Crippen LogP contribution in [0.3, 0.4) is 0 Å². The molecule has 2 bridgehead atoms. The maximum Gasteiger partial charge on any atom is 0.414 e.